The molecule has 3 aromatic carbocycles. The smallest absolute Gasteiger partial charge is 0.258 e. The third-order valence-electron chi connectivity index (χ3n) is 5.62. The molecule has 5 nitrogen and oxygen atoms in total. The minimum absolute atomic E-state index is 0.234. The first-order valence-electron chi connectivity index (χ1n) is 10.4. The summed E-state index contributed by atoms with van der Waals surface area (Å²) in [5.74, 6) is 0.706. The van der Waals surface area contributed by atoms with Crippen LogP contribution in [0.25, 0.3) is 0 Å². The lowest BCUT2D eigenvalue weighted by atomic mass is 10.1. The SMILES string of the molecule is CNC1CCN(c2ccc(N(C)C(=O)c3cccc(Oc4ccccc4)c3)cc2F)C1. The number of rotatable bonds is 6. The maximum atomic E-state index is 14.8. The minimum atomic E-state index is -0.324. The number of nitrogens with zero attached hydrogens (tertiary/aromatic N) is 2. The van der Waals surface area contributed by atoms with Crippen molar-refractivity contribution in [1.29, 1.82) is 0 Å². The van der Waals surface area contributed by atoms with Gasteiger partial charge in [-0.2, -0.15) is 0 Å². The van der Waals surface area contributed by atoms with Crippen LogP contribution < -0.4 is 19.9 Å². The lowest BCUT2D eigenvalue weighted by Crippen LogP contribution is -2.30. The number of amides is 1. The molecular weight excluding hydrogens is 393 g/mol. The van der Waals surface area contributed by atoms with Gasteiger partial charge in [-0.05, 0) is 62.0 Å². The van der Waals surface area contributed by atoms with Gasteiger partial charge in [0, 0.05) is 37.4 Å². The van der Waals surface area contributed by atoms with Crippen LogP contribution in [0, 0.1) is 5.82 Å². The van der Waals surface area contributed by atoms with Crippen molar-refractivity contribution in [2.45, 2.75) is 12.5 Å². The second-order valence-corrected chi connectivity index (χ2v) is 7.66. The number of carbonyl (C=O) groups is 1. The highest BCUT2D eigenvalue weighted by Gasteiger charge is 2.24. The molecule has 4 rings (SSSR count). The van der Waals surface area contributed by atoms with Crippen LogP contribution in [0.4, 0.5) is 15.8 Å². The highest BCUT2D eigenvalue weighted by atomic mass is 19.1. The van der Waals surface area contributed by atoms with Crippen molar-refractivity contribution in [3.05, 3.63) is 84.2 Å². The number of halogens is 1. The first-order valence-corrected chi connectivity index (χ1v) is 10.4. The van der Waals surface area contributed by atoms with E-state index in [4.69, 9.17) is 4.74 Å². The fourth-order valence-electron chi connectivity index (χ4n) is 3.80. The van der Waals surface area contributed by atoms with E-state index in [-0.39, 0.29) is 11.7 Å². The number of benzene rings is 3. The van der Waals surface area contributed by atoms with Crippen LogP contribution in [-0.4, -0.2) is 39.1 Å². The zero-order valence-corrected chi connectivity index (χ0v) is 17.7. The summed E-state index contributed by atoms with van der Waals surface area (Å²) in [5, 5.41) is 3.24. The van der Waals surface area contributed by atoms with E-state index in [2.05, 4.69) is 5.32 Å². The number of likely N-dealkylation sites (N-methyl/N-ethyl adjacent to an activating group) is 1. The topological polar surface area (TPSA) is 44.8 Å². The fourth-order valence-corrected chi connectivity index (χ4v) is 3.80. The quantitative estimate of drug-likeness (QED) is 0.630. The molecule has 160 valence electrons. The van der Waals surface area contributed by atoms with Gasteiger partial charge in [-0.1, -0.05) is 24.3 Å². The molecule has 1 aliphatic rings. The van der Waals surface area contributed by atoms with Crippen LogP contribution in [0.1, 0.15) is 16.8 Å². The lowest BCUT2D eigenvalue weighted by molar-refractivity contribution is 0.0992. The summed E-state index contributed by atoms with van der Waals surface area (Å²) in [6.07, 6.45) is 0.984. The fraction of sp³-hybridized carbons (Fsp3) is 0.240. The van der Waals surface area contributed by atoms with Gasteiger partial charge in [-0.3, -0.25) is 4.79 Å². The molecule has 1 saturated heterocycles. The molecule has 31 heavy (non-hydrogen) atoms. The highest BCUT2D eigenvalue weighted by molar-refractivity contribution is 6.06. The summed E-state index contributed by atoms with van der Waals surface area (Å²) >= 11 is 0. The summed E-state index contributed by atoms with van der Waals surface area (Å²) in [7, 11) is 3.57. The van der Waals surface area contributed by atoms with Crippen molar-refractivity contribution >= 4 is 17.3 Å². The van der Waals surface area contributed by atoms with E-state index in [0.29, 0.717) is 34.5 Å². The predicted molar refractivity (Wildman–Crippen MR) is 122 cm³/mol. The van der Waals surface area contributed by atoms with Crippen molar-refractivity contribution in [2.75, 3.05) is 37.0 Å². The van der Waals surface area contributed by atoms with Crippen molar-refractivity contribution < 1.29 is 13.9 Å². The Morgan fingerprint density at radius 3 is 2.55 bits per heavy atom. The van der Waals surface area contributed by atoms with E-state index in [9.17, 15) is 9.18 Å². The molecule has 0 bridgehead atoms. The second-order valence-electron chi connectivity index (χ2n) is 7.66. The Morgan fingerprint density at radius 1 is 1.06 bits per heavy atom. The average Bonchev–Trinajstić information content (AvgIpc) is 3.28. The molecule has 3 aromatic rings. The monoisotopic (exact) mass is 419 g/mol. The number of hydrogen-bond acceptors (Lipinski definition) is 4. The summed E-state index contributed by atoms with van der Waals surface area (Å²) in [6, 6.07) is 21.7. The van der Waals surface area contributed by atoms with Gasteiger partial charge in [-0.15, -0.1) is 0 Å². The van der Waals surface area contributed by atoms with E-state index < -0.39 is 0 Å². The maximum Gasteiger partial charge on any atom is 0.258 e. The van der Waals surface area contributed by atoms with Crippen molar-refractivity contribution in [1.82, 2.24) is 5.32 Å². The van der Waals surface area contributed by atoms with Crippen LogP contribution in [-0.2, 0) is 0 Å². The molecule has 1 heterocycles. The van der Waals surface area contributed by atoms with Gasteiger partial charge < -0.3 is 19.9 Å². The molecular formula is C25H26FN3O2. The van der Waals surface area contributed by atoms with Gasteiger partial charge >= 0.3 is 0 Å². The molecule has 0 aromatic heterocycles. The molecule has 0 saturated carbocycles. The number of ether oxygens (including phenoxy) is 1. The molecule has 1 atom stereocenters. The van der Waals surface area contributed by atoms with E-state index in [0.717, 1.165) is 19.5 Å². The van der Waals surface area contributed by atoms with Crippen molar-refractivity contribution in [2.24, 2.45) is 0 Å². The largest absolute Gasteiger partial charge is 0.457 e. The lowest BCUT2D eigenvalue weighted by Gasteiger charge is -2.22. The Bertz CT molecular complexity index is 1060. The molecule has 1 amide bonds. The highest BCUT2D eigenvalue weighted by Crippen LogP contribution is 2.29. The number of para-hydroxylation sites is 1. The van der Waals surface area contributed by atoms with Gasteiger partial charge in [0.05, 0.1) is 5.69 Å². The first kappa shape index (κ1) is 20.9. The Balaban J connectivity index is 1.49. The normalized spacial score (nSPS) is 15.7. The zero-order chi connectivity index (χ0) is 21.8. The Kier molecular flexibility index (Phi) is 6.18. The number of nitrogens with one attached hydrogen (secondary N) is 1. The van der Waals surface area contributed by atoms with E-state index in [1.807, 2.05) is 42.3 Å². The molecule has 1 aliphatic heterocycles. The molecule has 1 unspecified atom stereocenters. The van der Waals surface area contributed by atoms with Gasteiger partial charge in [0.2, 0.25) is 0 Å². The standard InChI is InChI=1S/C25H26FN3O2/c1-27-19-13-14-29(17-19)24-12-11-20(16-23(24)26)28(2)25(30)18-7-6-10-22(15-18)31-21-8-4-3-5-9-21/h3-12,15-16,19,27H,13-14,17H2,1-2H3. The van der Waals surface area contributed by atoms with Crippen LogP contribution in [0.5, 0.6) is 11.5 Å². The average molecular weight is 420 g/mol. The number of anilines is 2. The summed E-state index contributed by atoms with van der Waals surface area (Å²) in [4.78, 5) is 16.5. The molecule has 6 heteroatoms. The van der Waals surface area contributed by atoms with Crippen molar-refractivity contribution in [3.8, 4) is 11.5 Å². The van der Waals surface area contributed by atoms with Crippen LogP contribution in [0.15, 0.2) is 72.8 Å². The first-order chi connectivity index (χ1) is 15.0. The van der Waals surface area contributed by atoms with Gasteiger partial charge in [0.15, 0.2) is 0 Å². The van der Waals surface area contributed by atoms with Gasteiger partial charge in [0.25, 0.3) is 5.91 Å². The van der Waals surface area contributed by atoms with Crippen molar-refractivity contribution in [3.63, 3.8) is 0 Å². The molecule has 0 aliphatic carbocycles. The van der Waals surface area contributed by atoms with Gasteiger partial charge in [-0.25, -0.2) is 4.39 Å². The summed E-state index contributed by atoms with van der Waals surface area (Å²) < 4.78 is 20.7. The second kappa shape index (κ2) is 9.18. The molecule has 0 radical (unpaired) electrons. The van der Waals surface area contributed by atoms with E-state index >= 15 is 0 Å². The summed E-state index contributed by atoms with van der Waals surface area (Å²) in [6.45, 7) is 1.58. The number of carbonyl (C=O) groups excluding carboxylic acids is 1. The van der Waals surface area contributed by atoms with E-state index in [1.165, 1.54) is 11.0 Å². The molecule has 1 N–H and O–H groups in total. The van der Waals surface area contributed by atoms with Crippen LogP contribution in [0.3, 0.4) is 0 Å². The number of hydrogen-bond donors (Lipinski definition) is 1. The van der Waals surface area contributed by atoms with Crippen LogP contribution in [0.2, 0.25) is 0 Å². The van der Waals surface area contributed by atoms with Crippen LogP contribution >= 0.6 is 0 Å². The summed E-state index contributed by atoms with van der Waals surface area (Å²) in [5.41, 5.74) is 1.54. The Morgan fingerprint density at radius 2 is 1.84 bits per heavy atom. The zero-order valence-electron chi connectivity index (χ0n) is 17.7. The van der Waals surface area contributed by atoms with E-state index in [1.54, 1.807) is 43.4 Å². The third kappa shape index (κ3) is 4.70. The Hall–Kier alpha value is -3.38. The molecule has 0 spiro atoms. The van der Waals surface area contributed by atoms with Gasteiger partial charge in [0.1, 0.15) is 17.3 Å². The molecule has 1 fully saturated rings. The minimum Gasteiger partial charge on any atom is -0.457 e. The maximum absolute atomic E-state index is 14.8. The third-order valence-corrected chi connectivity index (χ3v) is 5.62. The predicted octanol–water partition coefficient (Wildman–Crippen LogP) is 4.69. The Labute approximate surface area is 182 Å².